The number of benzene rings is 1. The Bertz CT molecular complexity index is 1130. The zero-order chi connectivity index (χ0) is 24.0. The van der Waals surface area contributed by atoms with Gasteiger partial charge < -0.3 is 15.2 Å². The van der Waals surface area contributed by atoms with Crippen molar-refractivity contribution in [3.05, 3.63) is 61.8 Å². The van der Waals surface area contributed by atoms with Crippen LogP contribution in [0.25, 0.3) is 0 Å². The number of nitrogens with one attached hydrogen (secondary N) is 1. The lowest BCUT2D eigenvalue weighted by molar-refractivity contribution is -0.141. The van der Waals surface area contributed by atoms with Crippen molar-refractivity contribution in [2.24, 2.45) is 0 Å². The molecule has 1 aliphatic carbocycles. The summed E-state index contributed by atoms with van der Waals surface area (Å²) in [6, 6.07) is 7.16. The number of amides is 1. The Labute approximate surface area is 192 Å². The van der Waals surface area contributed by atoms with Gasteiger partial charge in [-0.05, 0) is 37.3 Å². The molecule has 3 rings (SSSR count). The van der Waals surface area contributed by atoms with Crippen molar-refractivity contribution in [2.45, 2.75) is 65.0 Å². The van der Waals surface area contributed by atoms with Crippen LogP contribution in [0.1, 0.15) is 73.5 Å². The second kappa shape index (κ2) is 11.0. The van der Waals surface area contributed by atoms with Crippen molar-refractivity contribution in [1.82, 2.24) is 14.5 Å². The van der Waals surface area contributed by atoms with E-state index in [-0.39, 0.29) is 19.2 Å². The minimum atomic E-state index is -0.923. The predicted molar refractivity (Wildman–Crippen MR) is 123 cm³/mol. The van der Waals surface area contributed by atoms with Crippen LogP contribution in [0.15, 0.2) is 33.9 Å². The summed E-state index contributed by atoms with van der Waals surface area (Å²) in [5.41, 5.74) is -0.224. The van der Waals surface area contributed by atoms with Crippen LogP contribution in [-0.2, 0) is 22.5 Å². The highest BCUT2D eigenvalue weighted by atomic mass is 16.5. The van der Waals surface area contributed by atoms with Gasteiger partial charge in [0.1, 0.15) is 6.54 Å². The molecule has 2 aromatic rings. The van der Waals surface area contributed by atoms with E-state index in [2.05, 4.69) is 5.32 Å². The van der Waals surface area contributed by atoms with Gasteiger partial charge >= 0.3 is 11.7 Å². The fourth-order valence-corrected chi connectivity index (χ4v) is 4.34. The number of carbonyl (C=O) groups is 2. The molecule has 1 aliphatic rings. The molecule has 0 bridgehead atoms. The third kappa shape index (κ3) is 5.35. The molecule has 0 aliphatic heterocycles. The maximum absolute atomic E-state index is 13.4. The van der Waals surface area contributed by atoms with E-state index >= 15 is 0 Å². The Morgan fingerprint density at radius 1 is 1.09 bits per heavy atom. The topological polar surface area (TPSA) is 120 Å². The maximum atomic E-state index is 13.4. The number of aryl methyl sites for hydroxylation is 1. The van der Waals surface area contributed by atoms with Gasteiger partial charge in [-0.2, -0.15) is 0 Å². The lowest BCUT2D eigenvalue weighted by Gasteiger charge is -2.25. The molecule has 1 aromatic carbocycles. The highest BCUT2D eigenvalue weighted by Crippen LogP contribution is 2.27. The smallest absolute Gasteiger partial charge is 0.334 e. The Balaban J connectivity index is 2.10. The van der Waals surface area contributed by atoms with E-state index < -0.39 is 41.1 Å². The first-order chi connectivity index (χ1) is 15.9. The monoisotopic (exact) mass is 457 g/mol. The molecule has 1 amide bonds. The van der Waals surface area contributed by atoms with E-state index in [4.69, 9.17) is 4.74 Å². The number of esters is 1. The van der Waals surface area contributed by atoms with Crippen molar-refractivity contribution in [1.29, 1.82) is 0 Å². The molecule has 178 valence electrons. The third-order valence-electron chi connectivity index (χ3n) is 6.04. The minimum absolute atomic E-state index is 0.0137. The molecule has 1 saturated carbocycles. The van der Waals surface area contributed by atoms with Gasteiger partial charge in [0.2, 0.25) is 5.88 Å². The summed E-state index contributed by atoms with van der Waals surface area (Å²) in [6.07, 6.45) is 4.79. The van der Waals surface area contributed by atoms with E-state index in [1.165, 1.54) is 0 Å². The Morgan fingerprint density at radius 2 is 1.76 bits per heavy atom. The third-order valence-corrected chi connectivity index (χ3v) is 6.04. The molecular weight excluding hydrogens is 426 g/mol. The van der Waals surface area contributed by atoms with Gasteiger partial charge in [-0.25, -0.2) is 4.79 Å². The second-order valence-electron chi connectivity index (χ2n) is 8.14. The Morgan fingerprint density at radius 3 is 2.39 bits per heavy atom. The number of carbonyl (C=O) groups excluding carboxylic acids is 2. The number of hydrogen-bond acceptors (Lipinski definition) is 6. The van der Waals surface area contributed by atoms with Crippen LogP contribution in [-0.4, -0.2) is 39.3 Å². The quantitative estimate of drug-likeness (QED) is 0.586. The first-order valence-corrected chi connectivity index (χ1v) is 11.5. The van der Waals surface area contributed by atoms with E-state index in [0.29, 0.717) is 12.8 Å². The van der Waals surface area contributed by atoms with E-state index in [1.54, 1.807) is 6.92 Å². The highest BCUT2D eigenvalue weighted by molar-refractivity contribution is 5.97. The van der Waals surface area contributed by atoms with Gasteiger partial charge in [0.05, 0.1) is 13.2 Å². The minimum Gasteiger partial charge on any atom is -0.494 e. The fourth-order valence-electron chi connectivity index (χ4n) is 4.34. The van der Waals surface area contributed by atoms with Gasteiger partial charge in [-0.1, -0.05) is 50.5 Å². The van der Waals surface area contributed by atoms with Crippen LogP contribution in [0, 0.1) is 0 Å². The normalized spacial score (nSPS) is 14.1. The summed E-state index contributed by atoms with van der Waals surface area (Å²) in [4.78, 5) is 51.2. The molecular formula is C24H31N3O6. The first-order valence-electron chi connectivity index (χ1n) is 11.5. The van der Waals surface area contributed by atoms with Crippen molar-refractivity contribution in [3.63, 3.8) is 0 Å². The summed E-state index contributed by atoms with van der Waals surface area (Å²) in [5, 5.41) is 13.2. The number of rotatable bonds is 8. The number of aromatic hydroxyl groups is 1. The van der Waals surface area contributed by atoms with Crippen LogP contribution in [0.3, 0.4) is 0 Å². The summed E-state index contributed by atoms with van der Waals surface area (Å²) >= 11 is 0. The summed E-state index contributed by atoms with van der Waals surface area (Å²) < 4.78 is 6.98. The molecule has 2 N–H and O–H groups in total. The summed E-state index contributed by atoms with van der Waals surface area (Å²) in [7, 11) is 0. The predicted octanol–water partition coefficient (Wildman–Crippen LogP) is 2.12. The van der Waals surface area contributed by atoms with Crippen LogP contribution in [0.4, 0.5) is 0 Å². The maximum Gasteiger partial charge on any atom is 0.334 e. The van der Waals surface area contributed by atoms with Gasteiger partial charge in [-0.3, -0.25) is 23.5 Å². The molecule has 0 atom stereocenters. The lowest BCUT2D eigenvalue weighted by Crippen LogP contribution is -2.47. The van der Waals surface area contributed by atoms with Crippen LogP contribution >= 0.6 is 0 Å². The zero-order valence-electron chi connectivity index (χ0n) is 19.1. The van der Waals surface area contributed by atoms with E-state index in [1.807, 2.05) is 31.2 Å². The Kier molecular flexibility index (Phi) is 8.08. The van der Waals surface area contributed by atoms with Gasteiger partial charge in [-0.15, -0.1) is 0 Å². The fraction of sp³-hybridized carbons (Fsp3) is 0.500. The molecule has 9 nitrogen and oxygen atoms in total. The lowest BCUT2D eigenvalue weighted by atomic mass is 9.95. The van der Waals surface area contributed by atoms with Crippen molar-refractivity contribution >= 4 is 11.9 Å². The average Bonchev–Trinajstić information content (AvgIpc) is 2.81. The number of hydrogen-bond donors (Lipinski definition) is 2. The SMILES string of the molecule is CCOC(=O)CNC(=O)c1c(O)n(Cc2ccccc2CC)c(=O)n(C2CCCCC2)c1=O. The largest absolute Gasteiger partial charge is 0.494 e. The average molecular weight is 458 g/mol. The number of nitrogens with zero attached hydrogens (tertiary/aromatic N) is 2. The summed E-state index contributed by atoms with van der Waals surface area (Å²) in [6.45, 7) is 3.33. The number of ether oxygens (including phenoxy) is 1. The first kappa shape index (κ1) is 24.3. The van der Waals surface area contributed by atoms with Gasteiger partial charge in [0.15, 0.2) is 5.56 Å². The van der Waals surface area contributed by atoms with Gasteiger partial charge in [0, 0.05) is 6.04 Å². The van der Waals surface area contributed by atoms with Crippen molar-refractivity contribution < 1.29 is 19.4 Å². The zero-order valence-corrected chi connectivity index (χ0v) is 19.1. The van der Waals surface area contributed by atoms with E-state index in [0.717, 1.165) is 45.9 Å². The molecule has 0 unspecified atom stereocenters. The molecule has 9 heteroatoms. The second-order valence-corrected chi connectivity index (χ2v) is 8.14. The highest BCUT2D eigenvalue weighted by Gasteiger charge is 2.29. The molecule has 1 aromatic heterocycles. The molecule has 0 saturated heterocycles. The molecule has 33 heavy (non-hydrogen) atoms. The molecule has 1 heterocycles. The van der Waals surface area contributed by atoms with Gasteiger partial charge in [0.25, 0.3) is 11.5 Å². The Hall–Kier alpha value is -3.36. The van der Waals surface area contributed by atoms with Crippen LogP contribution < -0.4 is 16.6 Å². The van der Waals surface area contributed by atoms with E-state index in [9.17, 15) is 24.3 Å². The van der Waals surface area contributed by atoms with Crippen molar-refractivity contribution in [3.8, 4) is 5.88 Å². The van der Waals surface area contributed by atoms with Crippen LogP contribution in [0.5, 0.6) is 5.88 Å². The molecule has 1 fully saturated rings. The van der Waals surface area contributed by atoms with Crippen molar-refractivity contribution in [2.75, 3.05) is 13.2 Å². The summed E-state index contributed by atoms with van der Waals surface area (Å²) in [5.74, 6) is -2.29. The van der Waals surface area contributed by atoms with Crippen LogP contribution in [0.2, 0.25) is 0 Å². The molecule has 0 spiro atoms. The molecule has 0 radical (unpaired) electrons. The standard InChI is InChI=1S/C24H31N3O6/c1-3-16-10-8-9-11-17(16)15-26-22(30)20(21(29)25-14-19(28)33-4-2)23(31)27(24(26)32)18-12-6-5-7-13-18/h8-11,18,30H,3-7,12-15H2,1-2H3,(H,25,29). The number of aromatic nitrogens is 2.